The highest BCUT2D eigenvalue weighted by molar-refractivity contribution is 9.10. The summed E-state index contributed by atoms with van der Waals surface area (Å²) in [5, 5.41) is 0.566. The van der Waals surface area contributed by atoms with Gasteiger partial charge >= 0.3 is 0 Å². The minimum absolute atomic E-state index is 0.163. The van der Waals surface area contributed by atoms with Gasteiger partial charge in [0.1, 0.15) is 18.1 Å². The van der Waals surface area contributed by atoms with Gasteiger partial charge < -0.3 is 9.47 Å². The molecule has 1 heterocycles. The van der Waals surface area contributed by atoms with Crippen molar-refractivity contribution in [2.45, 2.75) is 6.61 Å². The van der Waals surface area contributed by atoms with Crippen molar-refractivity contribution in [1.29, 1.82) is 0 Å². The number of hydrogen-bond acceptors (Lipinski definition) is 3. The molecule has 1 aliphatic heterocycles. The van der Waals surface area contributed by atoms with E-state index in [-0.39, 0.29) is 11.5 Å². The summed E-state index contributed by atoms with van der Waals surface area (Å²) in [6, 6.07) is 20.5. The Kier molecular flexibility index (Phi) is 5.01. The van der Waals surface area contributed by atoms with Crippen LogP contribution in [0, 0.1) is 0 Å². The quantitative estimate of drug-likeness (QED) is 0.446. The van der Waals surface area contributed by atoms with E-state index in [1.54, 1.807) is 30.3 Å². The molecule has 0 fully saturated rings. The van der Waals surface area contributed by atoms with Gasteiger partial charge in [-0.05, 0) is 47.5 Å². The molecular formula is C22H14BrClO3. The molecule has 0 radical (unpaired) electrons. The van der Waals surface area contributed by atoms with E-state index in [4.69, 9.17) is 21.1 Å². The van der Waals surface area contributed by atoms with E-state index in [2.05, 4.69) is 15.9 Å². The second-order valence-electron chi connectivity index (χ2n) is 6.03. The highest BCUT2D eigenvalue weighted by Crippen LogP contribution is 2.35. The van der Waals surface area contributed by atoms with E-state index in [0.29, 0.717) is 28.7 Å². The zero-order valence-electron chi connectivity index (χ0n) is 14.1. The molecule has 0 unspecified atom stereocenters. The molecule has 3 aromatic rings. The first-order valence-corrected chi connectivity index (χ1v) is 9.47. The Morgan fingerprint density at radius 2 is 1.81 bits per heavy atom. The molecule has 0 aliphatic carbocycles. The van der Waals surface area contributed by atoms with Gasteiger partial charge in [-0.25, -0.2) is 0 Å². The smallest absolute Gasteiger partial charge is 0.231 e. The van der Waals surface area contributed by atoms with Gasteiger partial charge in [0.15, 0.2) is 5.76 Å². The number of fused-ring (bicyclic) bond motifs is 1. The van der Waals surface area contributed by atoms with Crippen LogP contribution in [0.25, 0.3) is 6.08 Å². The summed E-state index contributed by atoms with van der Waals surface area (Å²) >= 11 is 9.57. The van der Waals surface area contributed by atoms with Crippen LogP contribution in [0.3, 0.4) is 0 Å². The van der Waals surface area contributed by atoms with Gasteiger partial charge in [-0.15, -0.1) is 0 Å². The Balaban J connectivity index is 1.52. The highest BCUT2D eigenvalue weighted by Gasteiger charge is 2.27. The molecule has 0 amide bonds. The molecule has 1 aliphatic rings. The molecule has 0 atom stereocenters. The van der Waals surface area contributed by atoms with Gasteiger partial charge in [0, 0.05) is 15.6 Å². The minimum atomic E-state index is -0.163. The molecule has 3 nitrogen and oxygen atoms in total. The Labute approximate surface area is 170 Å². The Morgan fingerprint density at radius 1 is 1.04 bits per heavy atom. The molecule has 134 valence electrons. The lowest BCUT2D eigenvalue weighted by Gasteiger charge is -2.07. The van der Waals surface area contributed by atoms with Crippen LogP contribution in [0.2, 0.25) is 5.02 Å². The number of benzene rings is 3. The zero-order chi connectivity index (χ0) is 18.8. The summed E-state index contributed by atoms with van der Waals surface area (Å²) in [5.41, 5.74) is 2.31. The fourth-order valence-corrected chi connectivity index (χ4v) is 3.19. The maximum Gasteiger partial charge on any atom is 0.231 e. The molecule has 0 bridgehead atoms. The second-order valence-corrected chi connectivity index (χ2v) is 7.36. The lowest BCUT2D eigenvalue weighted by Crippen LogP contribution is -1.98. The van der Waals surface area contributed by atoms with Crippen molar-refractivity contribution in [1.82, 2.24) is 0 Å². The highest BCUT2D eigenvalue weighted by atomic mass is 79.9. The fraction of sp³-hybridized carbons (Fsp3) is 0.0455. The van der Waals surface area contributed by atoms with Gasteiger partial charge in [-0.2, -0.15) is 0 Å². The van der Waals surface area contributed by atoms with Crippen molar-refractivity contribution < 1.29 is 14.3 Å². The third-order valence-electron chi connectivity index (χ3n) is 4.15. The number of Topliss-reactive ketones (excluding diaryl/α,β-unsaturated/α-hetero) is 1. The summed E-state index contributed by atoms with van der Waals surface area (Å²) in [6.45, 7) is 0.433. The fourth-order valence-electron chi connectivity index (χ4n) is 2.74. The SMILES string of the molecule is O=C1C(=Cc2ccccc2Cl)Oc2cc(OCc3ccc(Br)cc3)ccc21. The van der Waals surface area contributed by atoms with Crippen molar-refractivity contribution in [3.8, 4) is 11.5 Å². The van der Waals surface area contributed by atoms with Crippen LogP contribution in [-0.4, -0.2) is 5.78 Å². The van der Waals surface area contributed by atoms with Gasteiger partial charge in [-0.3, -0.25) is 4.79 Å². The Morgan fingerprint density at radius 3 is 2.59 bits per heavy atom. The van der Waals surface area contributed by atoms with E-state index in [0.717, 1.165) is 15.6 Å². The number of halogens is 2. The standard InChI is InChI=1S/C22H14BrClO3/c23-16-7-5-14(6-8-16)13-26-17-9-10-18-20(12-17)27-21(22(18)25)11-15-3-1-2-4-19(15)24/h1-12H,13H2. The van der Waals surface area contributed by atoms with Gasteiger partial charge in [0.05, 0.1) is 5.56 Å². The third kappa shape index (κ3) is 3.92. The van der Waals surface area contributed by atoms with E-state index in [1.807, 2.05) is 42.5 Å². The average Bonchev–Trinajstić information content (AvgIpc) is 2.98. The van der Waals surface area contributed by atoms with E-state index in [1.165, 1.54) is 0 Å². The Bertz CT molecular complexity index is 1040. The number of allylic oxidation sites excluding steroid dienone is 1. The molecule has 0 spiro atoms. The second kappa shape index (κ2) is 7.59. The summed E-state index contributed by atoms with van der Waals surface area (Å²) < 4.78 is 12.6. The number of ketones is 1. The first-order chi connectivity index (χ1) is 13.1. The van der Waals surface area contributed by atoms with Gasteiger partial charge in [-0.1, -0.05) is 57.9 Å². The number of carbonyl (C=O) groups excluding carboxylic acids is 1. The van der Waals surface area contributed by atoms with Crippen LogP contribution in [0.5, 0.6) is 11.5 Å². The summed E-state index contributed by atoms with van der Waals surface area (Å²) in [7, 11) is 0. The first kappa shape index (κ1) is 17.8. The van der Waals surface area contributed by atoms with Crippen molar-refractivity contribution >= 4 is 39.4 Å². The Hall–Kier alpha value is -2.56. The van der Waals surface area contributed by atoms with E-state index < -0.39 is 0 Å². The van der Waals surface area contributed by atoms with Crippen molar-refractivity contribution in [3.63, 3.8) is 0 Å². The van der Waals surface area contributed by atoms with Crippen molar-refractivity contribution in [3.05, 3.63) is 98.7 Å². The molecule has 0 saturated heterocycles. The van der Waals surface area contributed by atoms with E-state index in [9.17, 15) is 4.79 Å². The molecule has 0 saturated carbocycles. The normalized spacial score (nSPS) is 14.1. The van der Waals surface area contributed by atoms with Crippen LogP contribution in [0.1, 0.15) is 21.5 Å². The molecular weight excluding hydrogens is 428 g/mol. The van der Waals surface area contributed by atoms with Crippen LogP contribution < -0.4 is 9.47 Å². The van der Waals surface area contributed by atoms with Crippen LogP contribution in [0.4, 0.5) is 0 Å². The molecule has 4 rings (SSSR count). The van der Waals surface area contributed by atoms with Crippen molar-refractivity contribution in [2.75, 3.05) is 0 Å². The molecule has 27 heavy (non-hydrogen) atoms. The molecule has 0 aromatic heterocycles. The first-order valence-electron chi connectivity index (χ1n) is 8.30. The number of rotatable bonds is 4. The minimum Gasteiger partial charge on any atom is -0.489 e. The lowest BCUT2D eigenvalue weighted by molar-refractivity contribution is 0.101. The topological polar surface area (TPSA) is 35.5 Å². The number of hydrogen-bond donors (Lipinski definition) is 0. The molecule has 5 heteroatoms. The largest absolute Gasteiger partial charge is 0.489 e. The van der Waals surface area contributed by atoms with Crippen LogP contribution >= 0.6 is 27.5 Å². The maximum atomic E-state index is 12.6. The van der Waals surface area contributed by atoms with Gasteiger partial charge in [0.25, 0.3) is 0 Å². The zero-order valence-corrected chi connectivity index (χ0v) is 16.5. The summed E-state index contributed by atoms with van der Waals surface area (Å²) in [4.78, 5) is 12.6. The maximum absolute atomic E-state index is 12.6. The monoisotopic (exact) mass is 440 g/mol. The molecule has 3 aromatic carbocycles. The lowest BCUT2D eigenvalue weighted by atomic mass is 10.1. The van der Waals surface area contributed by atoms with Crippen LogP contribution in [-0.2, 0) is 6.61 Å². The van der Waals surface area contributed by atoms with Crippen LogP contribution in [0.15, 0.2) is 77.0 Å². The molecule has 0 N–H and O–H groups in total. The predicted octanol–water partition coefficient (Wildman–Crippen LogP) is 6.30. The number of ether oxygens (including phenoxy) is 2. The third-order valence-corrected chi connectivity index (χ3v) is 5.02. The van der Waals surface area contributed by atoms with Gasteiger partial charge in [0.2, 0.25) is 5.78 Å². The predicted molar refractivity (Wildman–Crippen MR) is 109 cm³/mol. The summed E-state index contributed by atoms with van der Waals surface area (Å²) in [5.74, 6) is 1.22. The number of carbonyl (C=O) groups is 1. The van der Waals surface area contributed by atoms with E-state index >= 15 is 0 Å². The summed E-state index contributed by atoms with van der Waals surface area (Å²) in [6.07, 6.45) is 1.66. The van der Waals surface area contributed by atoms with Crippen molar-refractivity contribution in [2.24, 2.45) is 0 Å². The average molecular weight is 442 g/mol.